The van der Waals surface area contributed by atoms with Gasteiger partial charge in [-0.05, 0) is 41.8 Å². The van der Waals surface area contributed by atoms with Crippen molar-refractivity contribution in [3.63, 3.8) is 0 Å². The number of nitrogens with zero attached hydrogens (tertiary/aromatic N) is 3. The van der Waals surface area contributed by atoms with E-state index in [1.165, 1.54) is 5.56 Å². The summed E-state index contributed by atoms with van der Waals surface area (Å²) in [5, 5.41) is 15.2. The first-order valence-electron chi connectivity index (χ1n) is 8.81. The van der Waals surface area contributed by atoms with Crippen LogP contribution in [0.2, 0.25) is 5.02 Å². The maximum Gasteiger partial charge on any atom is 0.244 e. The van der Waals surface area contributed by atoms with Crippen LogP contribution in [0.25, 0.3) is 0 Å². The second kappa shape index (κ2) is 9.75. The lowest BCUT2D eigenvalue weighted by molar-refractivity contribution is 0.354. The Balaban J connectivity index is 1.53. The normalized spacial score (nSPS) is 10.4. The number of benzene rings is 2. The van der Waals surface area contributed by atoms with Gasteiger partial charge in [0.2, 0.25) is 5.95 Å². The maximum absolute atomic E-state index is 5.90. The molecule has 146 valence electrons. The van der Waals surface area contributed by atoms with Crippen LogP contribution in [0.4, 0.5) is 11.8 Å². The van der Waals surface area contributed by atoms with E-state index < -0.39 is 0 Å². The summed E-state index contributed by atoms with van der Waals surface area (Å²) in [6.07, 6.45) is 2.43. The summed E-state index contributed by atoms with van der Waals surface area (Å²) in [6.45, 7) is 1.27. The number of hydrogen-bond acceptors (Lipinski definition) is 7. The van der Waals surface area contributed by atoms with Crippen molar-refractivity contribution >= 4 is 23.4 Å². The highest BCUT2D eigenvalue weighted by Gasteiger charge is 2.05. The first-order valence-corrected chi connectivity index (χ1v) is 9.18. The zero-order valence-electron chi connectivity index (χ0n) is 15.8. The van der Waals surface area contributed by atoms with Crippen LogP contribution < -0.4 is 20.1 Å². The molecule has 7 nitrogen and oxygen atoms in total. The van der Waals surface area contributed by atoms with Gasteiger partial charge in [0.1, 0.15) is 0 Å². The minimum absolute atomic E-state index is 0.478. The van der Waals surface area contributed by atoms with Crippen LogP contribution in [0.3, 0.4) is 0 Å². The molecule has 3 rings (SSSR count). The fourth-order valence-electron chi connectivity index (χ4n) is 2.62. The Kier molecular flexibility index (Phi) is 6.86. The molecule has 0 aliphatic heterocycles. The van der Waals surface area contributed by atoms with Gasteiger partial charge in [0, 0.05) is 18.1 Å². The third-order valence-electron chi connectivity index (χ3n) is 4.09. The van der Waals surface area contributed by atoms with Crippen molar-refractivity contribution in [2.45, 2.75) is 13.0 Å². The van der Waals surface area contributed by atoms with E-state index in [0.29, 0.717) is 36.4 Å². The van der Waals surface area contributed by atoms with E-state index in [9.17, 15) is 0 Å². The van der Waals surface area contributed by atoms with E-state index in [4.69, 9.17) is 21.1 Å². The van der Waals surface area contributed by atoms with Crippen molar-refractivity contribution in [2.24, 2.45) is 0 Å². The monoisotopic (exact) mass is 399 g/mol. The van der Waals surface area contributed by atoms with Gasteiger partial charge in [-0.25, -0.2) is 0 Å². The van der Waals surface area contributed by atoms with Crippen molar-refractivity contribution in [1.82, 2.24) is 15.2 Å². The van der Waals surface area contributed by atoms with Gasteiger partial charge < -0.3 is 20.1 Å². The number of ether oxygens (including phenoxy) is 2. The second-order valence-electron chi connectivity index (χ2n) is 6.01. The number of halogens is 1. The molecular formula is C20H22ClN5O2. The Hall–Kier alpha value is -3.06. The third kappa shape index (κ3) is 5.47. The zero-order valence-corrected chi connectivity index (χ0v) is 16.5. The fourth-order valence-corrected chi connectivity index (χ4v) is 2.74. The van der Waals surface area contributed by atoms with Gasteiger partial charge in [-0.1, -0.05) is 29.8 Å². The standard InChI is InChI=1S/C20H22ClN5O2/c1-27-17-8-5-15(11-18(17)28-2)12-23-19-13-24-26-20(25-19)22-10-9-14-3-6-16(21)7-4-14/h3-8,11,13H,9-10,12H2,1-2H3,(H2,22,23,25,26). The summed E-state index contributed by atoms with van der Waals surface area (Å²) >= 11 is 5.90. The van der Waals surface area contributed by atoms with Crippen molar-refractivity contribution < 1.29 is 9.47 Å². The average molecular weight is 400 g/mol. The van der Waals surface area contributed by atoms with Crippen LogP contribution in [0.1, 0.15) is 11.1 Å². The van der Waals surface area contributed by atoms with E-state index in [1.807, 2.05) is 42.5 Å². The Morgan fingerprint density at radius 2 is 1.68 bits per heavy atom. The molecule has 0 unspecified atom stereocenters. The number of hydrogen-bond donors (Lipinski definition) is 2. The van der Waals surface area contributed by atoms with Gasteiger partial charge in [-0.15, -0.1) is 5.10 Å². The molecule has 0 spiro atoms. The molecule has 0 fully saturated rings. The molecule has 0 bridgehead atoms. The van der Waals surface area contributed by atoms with Crippen molar-refractivity contribution in [3.8, 4) is 11.5 Å². The lowest BCUT2D eigenvalue weighted by Gasteiger charge is -2.11. The molecule has 0 radical (unpaired) electrons. The Morgan fingerprint density at radius 1 is 0.929 bits per heavy atom. The number of methoxy groups -OCH3 is 2. The maximum atomic E-state index is 5.90. The lowest BCUT2D eigenvalue weighted by atomic mass is 10.1. The highest BCUT2D eigenvalue weighted by Crippen LogP contribution is 2.27. The van der Waals surface area contributed by atoms with Gasteiger partial charge in [-0.3, -0.25) is 0 Å². The minimum Gasteiger partial charge on any atom is -0.493 e. The predicted molar refractivity (Wildman–Crippen MR) is 110 cm³/mol. The van der Waals surface area contributed by atoms with E-state index in [1.54, 1.807) is 20.4 Å². The Labute approximate surface area is 169 Å². The van der Waals surface area contributed by atoms with E-state index in [0.717, 1.165) is 17.0 Å². The smallest absolute Gasteiger partial charge is 0.244 e. The molecule has 28 heavy (non-hydrogen) atoms. The molecule has 0 amide bonds. The summed E-state index contributed by atoms with van der Waals surface area (Å²) in [6, 6.07) is 13.5. The molecule has 2 aromatic carbocycles. The number of nitrogens with one attached hydrogen (secondary N) is 2. The van der Waals surface area contributed by atoms with Gasteiger partial charge in [0.15, 0.2) is 17.3 Å². The molecular weight excluding hydrogens is 378 g/mol. The number of anilines is 2. The predicted octanol–water partition coefficient (Wildman–Crippen LogP) is 3.81. The summed E-state index contributed by atoms with van der Waals surface area (Å²) in [7, 11) is 3.23. The summed E-state index contributed by atoms with van der Waals surface area (Å²) in [4.78, 5) is 4.44. The largest absolute Gasteiger partial charge is 0.493 e. The summed E-state index contributed by atoms with van der Waals surface area (Å²) < 4.78 is 10.6. The average Bonchev–Trinajstić information content (AvgIpc) is 2.74. The first kappa shape index (κ1) is 19.7. The van der Waals surface area contributed by atoms with Crippen LogP contribution in [-0.2, 0) is 13.0 Å². The molecule has 3 aromatic rings. The molecule has 1 aromatic heterocycles. The van der Waals surface area contributed by atoms with Gasteiger partial charge in [-0.2, -0.15) is 10.1 Å². The molecule has 0 atom stereocenters. The van der Waals surface area contributed by atoms with Gasteiger partial charge in [0.25, 0.3) is 0 Å². The van der Waals surface area contributed by atoms with Crippen LogP contribution in [-0.4, -0.2) is 35.9 Å². The molecule has 8 heteroatoms. The van der Waals surface area contributed by atoms with Crippen molar-refractivity contribution in [2.75, 3.05) is 31.4 Å². The number of rotatable bonds is 9. The molecule has 2 N–H and O–H groups in total. The first-order chi connectivity index (χ1) is 13.7. The fraction of sp³-hybridized carbons (Fsp3) is 0.250. The van der Waals surface area contributed by atoms with Gasteiger partial charge in [0.05, 0.1) is 20.4 Å². The SMILES string of the molecule is COc1ccc(CNc2cnnc(NCCc3ccc(Cl)cc3)n2)cc1OC. The Morgan fingerprint density at radius 3 is 2.43 bits per heavy atom. The van der Waals surface area contributed by atoms with E-state index in [-0.39, 0.29) is 0 Å². The molecule has 1 heterocycles. The summed E-state index contributed by atoms with van der Waals surface area (Å²) in [5.74, 6) is 2.50. The van der Waals surface area contributed by atoms with Gasteiger partial charge >= 0.3 is 0 Å². The van der Waals surface area contributed by atoms with Crippen LogP contribution in [0, 0.1) is 0 Å². The second-order valence-corrected chi connectivity index (χ2v) is 6.45. The highest BCUT2D eigenvalue weighted by molar-refractivity contribution is 6.30. The quantitative estimate of drug-likeness (QED) is 0.566. The van der Waals surface area contributed by atoms with Crippen LogP contribution in [0.15, 0.2) is 48.7 Å². The van der Waals surface area contributed by atoms with Crippen LogP contribution >= 0.6 is 11.6 Å². The molecule has 0 aliphatic rings. The molecule has 0 aliphatic carbocycles. The minimum atomic E-state index is 0.478. The summed E-state index contributed by atoms with van der Waals surface area (Å²) in [5.41, 5.74) is 2.22. The van der Waals surface area contributed by atoms with Crippen LogP contribution in [0.5, 0.6) is 11.5 Å². The van der Waals surface area contributed by atoms with E-state index in [2.05, 4.69) is 25.8 Å². The zero-order chi connectivity index (χ0) is 19.8. The molecule has 0 saturated carbocycles. The van der Waals surface area contributed by atoms with Crippen molar-refractivity contribution in [1.29, 1.82) is 0 Å². The third-order valence-corrected chi connectivity index (χ3v) is 4.34. The highest BCUT2D eigenvalue weighted by atomic mass is 35.5. The van der Waals surface area contributed by atoms with E-state index >= 15 is 0 Å². The Bertz CT molecular complexity index is 905. The molecule has 0 saturated heterocycles. The number of aromatic nitrogens is 3. The lowest BCUT2D eigenvalue weighted by Crippen LogP contribution is -2.10. The van der Waals surface area contributed by atoms with Crippen molar-refractivity contribution in [3.05, 3.63) is 64.8 Å². The topological polar surface area (TPSA) is 81.2 Å².